The van der Waals surface area contributed by atoms with Crippen LogP contribution in [0.1, 0.15) is 51.0 Å². The van der Waals surface area contributed by atoms with Crippen LogP contribution in [-0.2, 0) is 31.1 Å². The minimum atomic E-state index is -3.45. The number of hydrogen-bond donors (Lipinski definition) is 0. The fourth-order valence-electron chi connectivity index (χ4n) is 4.25. The van der Waals surface area contributed by atoms with Gasteiger partial charge < -0.3 is 4.90 Å². The van der Waals surface area contributed by atoms with Crippen molar-refractivity contribution in [3.8, 4) is 0 Å². The topological polar surface area (TPSA) is 91.8 Å². The third kappa shape index (κ3) is 5.62. The van der Waals surface area contributed by atoms with Crippen molar-refractivity contribution >= 4 is 25.8 Å². The highest BCUT2D eigenvalue weighted by Gasteiger charge is 2.34. The molecule has 2 saturated heterocycles. The third-order valence-corrected chi connectivity index (χ3v) is 9.60. The number of amides is 1. The molecule has 0 aromatic heterocycles. The summed E-state index contributed by atoms with van der Waals surface area (Å²) in [4.78, 5) is 14.8. The molecule has 0 radical (unpaired) electrons. The largest absolute Gasteiger partial charge is 0.339 e. The maximum absolute atomic E-state index is 12.8. The lowest BCUT2D eigenvalue weighted by molar-refractivity contribution is -0.133. The zero-order chi connectivity index (χ0) is 21.8. The minimum absolute atomic E-state index is 0.0380. The first-order chi connectivity index (χ1) is 14.2. The van der Waals surface area contributed by atoms with E-state index >= 15 is 0 Å². The SMILES string of the molecule is CCCN(C(=O)CCc1ccc(S(=O)(=O)N2CCCCC2)cc1)C1CCS(=O)(=O)C1. The van der Waals surface area contributed by atoms with Gasteiger partial charge in [0.1, 0.15) is 0 Å². The van der Waals surface area contributed by atoms with Crippen molar-refractivity contribution in [1.29, 1.82) is 0 Å². The molecule has 7 nitrogen and oxygen atoms in total. The quantitative estimate of drug-likeness (QED) is 0.598. The number of hydrogen-bond acceptors (Lipinski definition) is 5. The second kappa shape index (κ2) is 9.78. The van der Waals surface area contributed by atoms with Crippen molar-refractivity contribution in [2.45, 2.75) is 62.8 Å². The molecule has 168 valence electrons. The van der Waals surface area contributed by atoms with E-state index in [4.69, 9.17) is 0 Å². The first kappa shape index (κ1) is 23.2. The van der Waals surface area contributed by atoms with Gasteiger partial charge in [-0.2, -0.15) is 4.31 Å². The summed E-state index contributed by atoms with van der Waals surface area (Å²) in [7, 11) is -6.49. The van der Waals surface area contributed by atoms with Gasteiger partial charge in [0.2, 0.25) is 15.9 Å². The predicted octanol–water partition coefficient (Wildman–Crippen LogP) is 2.22. The van der Waals surface area contributed by atoms with E-state index in [2.05, 4.69) is 0 Å². The van der Waals surface area contributed by atoms with Gasteiger partial charge in [-0.15, -0.1) is 0 Å². The summed E-state index contributed by atoms with van der Waals surface area (Å²) in [5.41, 5.74) is 0.899. The molecule has 0 spiro atoms. The summed E-state index contributed by atoms with van der Waals surface area (Å²) in [5, 5.41) is 0. The molecule has 1 aromatic rings. The molecule has 9 heteroatoms. The summed E-state index contributed by atoms with van der Waals surface area (Å²) >= 11 is 0. The molecule has 30 heavy (non-hydrogen) atoms. The molecule has 2 fully saturated rings. The maximum Gasteiger partial charge on any atom is 0.243 e. The molecular formula is C21H32N2O5S2. The Labute approximate surface area is 180 Å². The van der Waals surface area contributed by atoms with Gasteiger partial charge in [-0.1, -0.05) is 25.5 Å². The molecule has 2 aliphatic rings. The minimum Gasteiger partial charge on any atom is -0.339 e. The Morgan fingerprint density at radius 1 is 1.13 bits per heavy atom. The van der Waals surface area contributed by atoms with E-state index in [1.807, 2.05) is 6.92 Å². The number of aryl methyl sites for hydroxylation is 1. The van der Waals surface area contributed by atoms with E-state index in [1.54, 1.807) is 33.5 Å². The van der Waals surface area contributed by atoms with Crippen LogP contribution in [0.25, 0.3) is 0 Å². The van der Waals surface area contributed by atoms with Crippen molar-refractivity contribution in [3.63, 3.8) is 0 Å². The molecular weight excluding hydrogens is 424 g/mol. The third-order valence-electron chi connectivity index (χ3n) is 5.94. The Morgan fingerprint density at radius 2 is 1.80 bits per heavy atom. The summed E-state index contributed by atoms with van der Waals surface area (Å²) in [6, 6.07) is 6.57. The Balaban J connectivity index is 1.60. The van der Waals surface area contributed by atoms with Crippen LogP contribution in [0, 0.1) is 0 Å². The number of nitrogens with zero attached hydrogens (tertiary/aromatic N) is 2. The summed E-state index contributed by atoms with van der Waals surface area (Å²) in [6.07, 6.45) is 4.95. The van der Waals surface area contributed by atoms with Crippen LogP contribution in [0.5, 0.6) is 0 Å². The fourth-order valence-corrected chi connectivity index (χ4v) is 7.50. The van der Waals surface area contributed by atoms with Crippen molar-refractivity contribution in [2.24, 2.45) is 0 Å². The van der Waals surface area contributed by atoms with E-state index in [-0.39, 0.29) is 29.9 Å². The van der Waals surface area contributed by atoms with Crippen LogP contribution in [0.4, 0.5) is 0 Å². The van der Waals surface area contributed by atoms with E-state index < -0.39 is 19.9 Å². The standard InChI is InChI=1S/C21H32N2O5S2/c1-2-13-23(19-12-16-29(25,26)17-19)21(24)11-8-18-6-9-20(10-7-18)30(27,28)22-14-4-3-5-15-22/h6-7,9-10,19H,2-5,8,11-17H2,1H3. The van der Waals surface area contributed by atoms with Crippen LogP contribution in [0.15, 0.2) is 29.2 Å². The van der Waals surface area contributed by atoms with Crippen LogP contribution >= 0.6 is 0 Å². The number of piperidine rings is 1. The monoisotopic (exact) mass is 456 g/mol. The van der Waals surface area contributed by atoms with E-state index in [0.29, 0.717) is 37.4 Å². The van der Waals surface area contributed by atoms with E-state index in [1.165, 1.54) is 0 Å². The lowest BCUT2D eigenvalue weighted by Gasteiger charge is -2.28. The van der Waals surface area contributed by atoms with E-state index in [0.717, 1.165) is 31.2 Å². The number of sulfonamides is 1. The van der Waals surface area contributed by atoms with Crippen LogP contribution in [0.2, 0.25) is 0 Å². The molecule has 2 heterocycles. The van der Waals surface area contributed by atoms with Gasteiger partial charge in [-0.25, -0.2) is 16.8 Å². The molecule has 1 unspecified atom stereocenters. The highest BCUT2D eigenvalue weighted by molar-refractivity contribution is 7.91. The average molecular weight is 457 g/mol. The summed E-state index contributed by atoms with van der Waals surface area (Å²) < 4.78 is 50.6. The number of carbonyl (C=O) groups is 1. The van der Waals surface area contributed by atoms with Gasteiger partial charge in [0.15, 0.2) is 9.84 Å². The molecule has 2 aliphatic heterocycles. The Hall–Kier alpha value is -1.45. The van der Waals surface area contributed by atoms with Gasteiger partial charge in [0.25, 0.3) is 0 Å². The summed E-state index contributed by atoms with van der Waals surface area (Å²) in [6.45, 7) is 3.68. The highest BCUT2D eigenvalue weighted by atomic mass is 32.2. The van der Waals surface area contributed by atoms with Crippen molar-refractivity contribution in [2.75, 3.05) is 31.1 Å². The van der Waals surface area contributed by atoms with Crippen molar-refractivity contribution in [3.05, 3.63) is 29.8 Å². The lowest BCUT2D eigenvalue weighted by Crippen LogP contribution is -2.41. The van der Waals surface area contributed by atoms with Gasteiger partial charge in [0.05, 0.1) is 16.4 Å². The second-order valence-electron chi connectivity index (χ2n) is 8.25. The summed E-state index contributed by atoms with van der Waals surface area (Å²) in [5.74, 6) is 0.170. The smallest absolute Gasteiger partial charge is 0.243 e. The molecule has 0 saturated carbocycles. The van der Waals surface area contributed by atoms with E-state index in [9.17, 15) is 21.6 Å². The molecule has 0 bridgehead atoms. The zero-order valence-corrected chi connectivity index (χ0v) is 19.3. The van der Waals surface area contributed by atoms with Crippen LogP contribution < -0.4 is 0 Å². The van der Waals surface area contributed by atoms with Crippen molar-refractivity contribution in [1.82, 2.24) is 9.21 Å². The number of benzene rings is 1. The van der Waals surface area contributed by atoms with Crippen LogP contribution in [0.3, 0.4) is 0 Å². The predicted molar refractivity (Wildman–Crippen MR) is 116 cm³/mol. The number of carbonyl (C=O) groups excluding carboxylic acids is 1. The van der Waals surface area contributed by atoms with Crippen molar-refractivity contribution < 1.29 is 21.6 Å². The molecule has 0 aliphatic carbocycles. The fraction of sp³-hybridized carbons (Fsp3) is 0.667. The second-order valence-corrected chi connectivity index (χ2v) is 12.4. The van der Waals surface area contributed by atoms with Gasteiger partial charge in [0, 0.05) is 32.1 Å². The molecule has 1 amide bonds. The molecule has 1 atom stereocenters. The lowest BCUT2D eigenvalue weighted by atomic mass is 10.1. The molecule has 0 N–H and O–H groups in total. The zero-order valence-electron chi connectivity index (χ0n) is 17.6. The average Bonchev–Trinajstić information content (AvgIpc) is 3.10. The number of rotatable bonds is 8. The first-order valence-corrected chi connectivity index (χ1v) is 14.1. The Kier molecular flexibility index (Phi) is 7.57. The first-order valence-electron chi connectivity index (χ1n) is 10.8. The van der Waals surface area contributed by atoms with Crippen LogP contribution in [-0.4, -0.2) is 69.1 Å². The molecule has 3 rings (SSSR count). The van der Waals surface area contributed by atoms with Gasteiger partial charge in [-0.05, 0) is 49.8 Å². The highest BCUT2D eigenvalue weighted by Crippen LogP contribution is 2.22. The van der Waals surface area contributed by atoms with Gasteiger partial charge >= 0.3 is 0 Å². The molecule has 1 aromatic carbocycles. The van der Waals surface area contributed by atoms with Gasteiger partial charge in [-0.3, -0.25) is 4.79 Å². The number of sulfone groups is 1. The normalized spacial score (nSPS) is 22.1. The Bertz CT molecular complexity index is 936. The maximum atomic E-state index is 12.8. The Morgan fingerprint density at radius 3 is 2.37 bits per heavy atom.